The van der Waals surface area contributed by atoms with E-state index in [9.17, 15) is 4.79 Å². The van der Waals surface area contributed by atoms with Gasteiger partial charge in [-0.3, -0.25) is 4.79 Å². The van der Waals surface area contributed by atoms with E-state index >= 15 is 0 Å². The van der Waals surface area contributed by atoms with E-state index in [0.717, 1.165) is 17.6 Å². The van der Waals surface area contributed by atoms with E-state index in [4.69, 9.17) is 0 Å². The van der Waals surface area contributed by atoms with Gasteiger partial charge in [0, 0.05) is 29.3 Å². The van der Waals surface area contributed by atoms with Gasteiger partial charge in [-0.25, -0.2) is 0 Å². The van der Waals surface area contributed by atoms with Crippen LogP contribution in [-0.4, -0.2) is 17.2 Å². The summed E-state index contributed by atoms with van der Waals surface area (Å²) in [4.78, 5) is 11.5. The van der Waals surface area contributed by atoms with Crippen LogP contribution in [0.1, 0.15) is 12.8 Å². The van der Waals surface area contributed by atoms with Crippen LogP contribution in [0.2, 0.25) is 0 Å². The average Bonchev–Trinajstić information content (AvgIpc) is 2.64. The first-order chi connectivity index (χ1) is 6.75. The number of pyridine rings is 1. The van der Waals surface area contributed by atoms with Gasteiger partial charge < -0.3 is 9.88 Å². The third-order valence-electron chi connectivity index (χ3n) is 2.53. The Morgan fingerprint density at radius 1 is 1.57 bits per heavy atom. The zero-order valence-corrected chi connectivity index (χ0v) is 9.46. The van der Waals surface area contributed by atoms with Crippen molar-refractivity contribution in [3.05, 3.63) is 33.2 Å². The number of hydrogen-bond donors (Lipinski definition) is 1. The van der Waals surface area contributed by atoms with Crippen molar-refractivity contribution in [2.45, 2.75) is 25.4 Å². The van der Waals surface area contributed by atoms with Crippen LogP contribution in [0.3, 0.4) is 0 Å². The molecule has 0 radical (unpaired) electrons. The van der Waals surface area contributed by atoms with Gasteiger partial charge in [0.2, 0.25) is 0 Å². The number of halogens is 1. The van der Waals surface area contributed by atoms with Gasteiger partial charge in [0.15, 0.2) is 0 Å². The fourth-order valence-electron chi connectivity index (χ4n) is 1.79. The molecule has 0 aliphatic carbocycles. The fraction of sp³-hybridized carbons (Fsp3) is 0.500. The van der Waals surface area contributed by atoms with Gasteiger partial charge in [-0.1, -0.05) is 0 Å². The van der Waals surface area contributed by atoms with Crippen LogP contribution in [0, 0.1) is 0 Å². The highest BCUT2D eigenvalue weighted by molar-refractivity contribution is 9.10. The van der Waals surface area contributed by atoms with E-state index in [-0.39, 0.29) is 5.56 Å². The molecule has 1 N–H and O–H groups in total. The summed E-state index contributed by atoms with van der Waals surface area (Å²) in [6, 6.07) is 3.84. The summed E-state index contributed by atoms with van der Waals surface area (Å²) < 4.78 is 2.71. The minimum absolute atomic E-state index is 0.0712. The Hall–Kier alpha value is -0.610. The Morgan fingerprint density at radius 2 is 2.43 bits per heavy atom. The molecule has 1 fully saturated rings. The van der Waals surface area contributed by atoms with Gasteiger partial charge in [0.25, 0.3) is 5.56 Å². The second-order valence-corrected chi connectivity index (χ2v) is 4.55. The Morgan fingerprint density at radius 3 is 3.14 bits per heavy atom. The molecule has 0 bridgehead atoms. The molecule has 0 aromatic carbocycles. The van der Waals surface area contributed by atoms with Crippen LogP contribution in [0.5, 0.6) is 0 Å². The molecule has 4 heteroatoms. The van der Waals surface area contributed by atoms with E-state index in [1.807, 2.05) is 6.20 Å². The van der Waals surface area contributed by atoms with E-state index in [1.54, 1.807) is 16.7 Å². The monoisotopic (exact) mass is 256 g/mol. The molecule has 1 unspecified atom stereocenters. The van der Waals surface area contributed by atoms with E-state index in [2.05, 4.69) is 21.2 Å². The summed E-state index contributed by atoms with van der Waals surface area (Å²) in [5.41, 5.74) is 0.0712. The molecule has 0 amide bonds. The summed E-state index contributed by atoms with van der Waals surface area (Å²) >= 11 is 3.37. The van der Waals surface area contributed by atoms with Crippen molar-refractivity contribution >= 4 is 15.9 Å². The van der Waals surface area contributed by atoms with Crippen molar-refractivity contribution in [2.24, 2.45) is 0 Å². The van der Waals surface area contributed by atoms with E-state index in [1.165, 1.54) is 12.8 Å². The Balaban J connectivity index is 2.15. The second-order valence-electron chi connectivity index (χ2n) is 3.63. The SMILES string of the molecule is O=c1ccc(Br)cn1CC1CCCN1. The zero-order chi connectivity index (χ0) is 9.97. The molecule has 1 aliphatic heterocycles. The summed E-state index contributed by atoms with van der Waals surface area (Å²) in [6.45, 7) is 1.85. The largest absolute Gasteiger partial charge is 0.313 e. The van der Waals surface area contributed by atoms with Gasteiger partial charge >= 0.3 is 0 Å². The summed E-state index contributed by atoms with van der Waals surface area (Å²) in [5.74, 6) is 0. The van der Waals surface area contributed by atoms with E-state index in [0.29, 0.717) is 6.04 Å². The van der Waals surface area contributed by atoms with Crippen molar-refractivity contribution in [2.75, 3.05) is 6.54 Å². The van der Waals surface area contributed by atoms with Crippen molar-refractivity contribution < 1.29 is 0 Å². The molecule has 1 saturated heterocycles. The maximum absolute atomic E-state index is 11.5. The van der Waals surface area contributed by atoms with Gasteiger partial charge in [-0.15, -0.1) is 0 Å². The predicted octanol–water partition coefficient (Wildman–Crippen LogP) is 1.36. The first kappa shape index (κ1) is 9.93. The minimum atomic E-state index is 0.0712. The maximum Gasteiger partial charge on any atom is 0.250 e. The number of nitrogens with zero attached hydrogens (tertiary/aromatic N) is 1. The summed E-state index contributed by atoms with van der Waals surface area (Å²) in [6.07, 6.45) is 4.23. The van der Waals surface area contributed by atoms with E-state index < -0.39 is 0 Å². The van der Waals surface area contributed by atoms with Crippen LogP contribution in [0.15, 0.2) is 27.6 Å². The molecule has 1 atom stereocenters. The molecule has 3 nitrogen and oxygen atoms in total. The molecule has 2 rings (SSSR count). The molecule has 1 aliphatic rings. The van der Waals surface area contributed by atoms with Crippen molar-refractivity contribution in [1.29, 1.82) is 0 Å². The maximum atomic E-state index is 11.5. The quantitative estimate of drug-likeness (QED) is 0.868. The fourth-order valence-corrected chi connectivity index (χ4v) is 2.17. The minimum Gasteiger partial charge on any atom is -0.313 e. The smallest absolute Gasteiger partial charge is 0.250 e. The first-order valence-electron chi connectivity index (χ1n) is 4.85. The van der Waals surface area contributed by atoms with Crippen LogP contribution in [0.25, 0.3) is 0 Å². The third-order valence-corrected chi connectivity index (χ3v) is 3.00. The topological polar surface area (TPSA) is 34.0 Å². The number of aromatic nitrogens is 1. The van der Waals surface area contributed by atoms with Gasteiger partial charge in [-0.2, -0.15) is 0 Å². The van der Waals surface area contributed by atoms with Crippen LogP contribution in [-0.2, 0) is 6.54 Å². The molecule has 1 aromatic rings. The zero-order valence-electron chi connectivity index (χ0n) is 7.87. The lowest BCUT2D eigenvalue weighted by Crippen LogP contribution is -2.31. The highest BCUT2D eigenvalue weighted by Crippen LogP contribution is 2.09. The molecule has 0 saturated carbocycles. The highest BCUT2D eigenvalue weighted by atomic mass is 79.9. The standard InChI is InChI=1S/C10H13BrN2O/c11-8-3-4-10(14)13(6-8)7-9-2-1-5-12-9/h3-4,6,9,12H,1-2,5,7H2. The van der Waals surface area contributed by atoms with Crippen LogP contribution >= 0.6 is 15.9 Å². The van der Waals surface area contributed by atoms with Crippen molar-refractivity contribution in [3.8, 4) is 0 Å². The molecule has 2 heterocycles. The molecule has 14 heavy (non-hydrogen) atoms. The lowest BCUT2D eigenvalue weighted by Gasteiger charge is -2.12. The van der Waals surface area contributed by atoms with Crippen molar-refractivity contribution in [3.63, 3.8) is 0 Å². The summed E-state index contributed by atoms with van der Waals surface area (Å²) in [7, 11) is 0. The predicted molar refractivity (Wildman–Crippen MR) is 59.4 cm³/mol. The Bertz CT molecular complexity index is 369. The molecular formula is C10H13BrN2O. The number of hydrogen-bond acceptors (Lipinski definition) is 2. The lowest BCUT2D eigenvalue weighted by atomic mass is 10.2. The first-order valence-corrected chi connectivity index (χ1v) is 5.64. The number of rotatable bonds is 2. The third kappa shape index (κ3) is 2.25. The van der Waals surface area contributed by atoms with Gasteiger partial charge in [0.05, 0.1) is 0 Å². The molecule has 1 aromatic heterocycles. The van der Waals surface area contributed by atoms with Crippen molar-refractivity contribution in [1.82, 2.24) is 9.88 Å². The van der Waals surface area contributed by atoms with Crippen LogP contribution < -0.4 is 10.9 Å². The normalized spacial score (nSPS) is 21.4. The molecule has 76 valence electrons. The Kier molecular flexibility index (Phi) is 3.03. The number of nitrogens with one attached hydrogen (secondary N) is 1. The van der Waals surface area contributed by atoms with Gasteiger partial charge in [-0.05, 0) is 41.4 Å². The Labute approximate surface area is 91.3 Å². The second kappa shape index (κ2) is 4.28. The average molecular weight is 257 g/mol. The molecule has 0 spiro atoms. The summed E-state index contributed by atoms with van der Waals surface area (Å²) in [5, 5.41) is 3.38. The highest BCUT2D eigenvalue weighted by Gasteiger charge is 2.14. The van der Waals surface area contributed by atoms with Gasteiger partial charge in [0.1, 0.15) is 0 Å². The molecular weight excluding hydrogens is 244 g/mol. The lowest BCUT2D eigenvalue weighted by molar-refractivity contribution is 0.499. The van der Waals surface area contributed by atoms with Crippen LogP contribution in [0.4, 0.5) is 0 Å².